The van der Waals surface area contributed by atoms with Crippen molar-refractivity contribution in [1.29, 1.82) is 0 Å². The summed E-state index contributed by atoms with van der Waals surface area (Å²) >= 11 is 0. The first-order valence-corrected chi connectivity index (χ1v) is 4.76. The van der Waals surface area contributed by atoms with Crippen LogP contribution < -0.4 is 5.32 Å². The van der Waals surface area contributed by atoms with Crippen LogP contribution in [0.4, 0.5) is 5.82 Å². The van der Waals surface area contributed by atoms with E-state index >= 15 is 0 Å². The molecule has 7 heteroatoms. The lowest BCUT2D eigenvalue weighted by Crippen LogP contribution is -2.05. The summed E-state index contributed by atoms with van der Waals surface area (Å²) in [5.41, 5.74) is 1.12. The fourth-order valence-corrected chi connectivity index (χ4v) is 1.48. The first-order chi connectivity index (χ1) is 7.76. The maximum absolute atomic E-state index is 10.4. The summed E-state index contributed by atoms with van der Waals surface area (Å²) < 4.78 is 1.71. The molecule has 1 amide bonds. The fourth-order valence-electron chi connectivity index (χ4n) is 1.48. The molecule has 2 N–H and O–H groups in total. The molecule has 0 spiro atoms. The van der Waals surface area contributed by atoms with Gasteiger partial charge in [0.15, 0.2) is 17.0 Å². The van der Waals surface area contributed by atoms with Gasteiger partial charge in [-0.1, -0.05) is 0 Å². The summed E-state index contributed by atoms with van der Waals surface area (Å²) in [5.74, 6) is 0.922. The maximum Gasteiger partial charge on any atom is 0.212 e. The third-order valence-electron chi connectivity index (χ3n) is 2.11. The van der Waals surface area contributed by atoms with Crippen LogP contribution in [0, 0.1) is 6.92 Å². The van der Waals surface area contributed by atoms with Gasteiger partial charge in [0, 0.05) is 6.54 Å². The molecular formula is C9H11N5O2. The molecule has 0 aliphatic rings. The average Bonchev–Trinajstić information content (AvgIpc) is 2.63. The lowest BCUT2D eigenvalue weighted by atomic mass is 10.4. The van der Waals surface area contributed by atoms with Crippen molar-refractivity contribution in [2.45, 2.75) is 13.5 Å². The van der Waals surface area contributed by atoms with Crippen molar-refractivity contribution in [3.05, 3.63) is 12.2 Å². The Balaban J connectivity index is 2.60. The van der Waals surface area contributed by atoms with E-state index in [9.17, 15) is 4.79 Å². The predicted molar refractivity (Wildman–Crippen MR) is 56.8 cm³/mol. The Hall–Kier alpha value is -2.02. The zero-order chi connectivity index (χ0) is 11.5. The molecule has 7 nitrogen and oxygen atoms in total. The Labute approximate surface area is 91.2 Å². The average molecular weight is 221 g/mol. The van der Waals surface area contributed by atoms with Crippen molar-refractivity contribution in [2.75, 3.05) is 11.9 Å². The summed E-state index contributed by atoms with van der Waals surface area (Å²) in [5, 5.41) is 11.4. The van der Waals surface area contributed by atoms with Crippen molar-refractivity contribution in [2.24, 2.45) is 0 Å². The Morgan fingerprint density at radius 2 is 2.38 bits per heavy atom. The van der Waals surface area contributed by atoms with Crippen LogP contribution in [0.15, 0.2) is 6.33 Å². The molecule has 0 bridgehead atoms. The Kier molecular flexibility index (Phi) is 2.78. The van der Waals surface area contributed by atoms with Crippen molar-refractivity contribution in [3.8, 4) is 0 Å². The van der Waals surface area contributed by atoms with Gasteiger partial charge >= 0.3 is 0 Å². The second-order valence-corrected chi connectivity index (χ2v) is 3.22. The predicted octanol–water partition coefficient (Wildman–Crippen LogP) is -0.305. The van der Waals surface area contributed by atoms with Gasteiger partial charge in [0.25, 0.3) is 0 Å². The summed E-state index contributed by atoms with van der Waals surface area (Å²) in [6, 6.07) is 0. The molecule has 0 unspecified atom stereocenters. The van der Waals surface area contributed by atoms with E-state index in [-0.39, 0.29) is 6.61 Å². The summed E-state index contributed by atoms with van der Waals surface area (Å²) in [7, 11) is 0. The molecule has 0 aliphatic carbocycles. The number of fused-ring (bicyclic) bond motifs is 1. The molecule has 0 aromatic carbocycles. The number of carbonyl (C=O) groups is 1. The van der Waals surface area contributed by atoms with E-state index < -0.39 is 0 Å². The summed E-state index contributed by atoms with van der Waals surface area (Å²) in [4.78, 5) is 22.8. The fraction of sp³-hybridized carbons (Fsp3) is 0.333. The van der Waals surface area contributed by atoms with Crippen molar-refractivity contribution < 1.29 is 9.90 Å². The molecule has 2 rings (SSSR count). The van der Waals surface area contributed by atoms with Crippen LogP contribution in [0.2, 0.25) is 0 Å². The number of carbonyl (C=O) groups excluding carboxylic acids is 1. The zero-order valence-electron chi connectivity index (χ0n) is 8.71. The van der Waals surface area contributed by atoms with Gasteiger partial charge in [-0.15, -0.1) is 0 Å². The molecular weight excluding hydrogens is 210 g/mol. The maximum atomic E-state index is 10.4. The highest BCUT2D eigenvalue weighted by atomic mass is 16.3. The Morgan fingerprint density at radius 3 is 3.06 bits per heavy atom. The first kappa shape index (κ1) is 10.5. The third kappa shape index (κ3) is 1.72. The van der Waals surface area contributed by atoms with Crippen LogP contribution >= 0.6 is 0 Å². The molecule has 2 aromatic heterocycles. The smallest absolute Gasteiger partial charge is 0.212 e. The molecule has 0 atom stereocenters. The highest BCUT2D eigenvalue weighted by Crippen LogP contribution is 2.17. The number of rotatable bonds is 4. The Morgan fingerprint density at radius 1 is 1.56 bits per heavy atom. The lowest BCUT2D eigenvalue weighted by Gasteiger charge is -2.03. The number of aryl methyl sites for hydroxylation is 1. The van der Waals surface area contributed by atoms with E-state index in [4.69, 9.17) is 5.11 Å². The topological polar surface area (TPSA) is 92.9 Å². The van der Waals surface area contributed by atoms with Gasteiger partial charge in [0.1, 0.15) is 5.82 Å². The molecule has 2 aromatic rings. The van der Waals surface area contributed by atoms with Crippen LogP contribution in [0.1, 0.15) is 5.82 Å². The van der Waals surface area contributed by atoms with Gasteiger partial charge in [-0.3, -0.25) is 4.79 Å². The quantitative estimate of drug-likeness (QED) is 0.691. The second-order valence-electron chi connectivity index (χ2n) is 3.22. The number of hydrogen-bond acceptors (Lipinski definition) is 5. The molecule has 0 aliphatic heterocycles. The van der Waals surface area contributed by atoms with Gasteiger partial charge in [-0.2, -0.15) is 0 Å². The number of aromatic nitrogens is 4. The first-order valence-electron chi connectivity index (χ1n) is 4.76. The minimum atomic E-state index is 0.00491. The van der Waals surface area contributed by atoms with E-state index in [0.717, 1.165) is 0 Å². The largest absolute Gasteiger partial charge is 0.395 e. The molecule has 0 saturated carbocycles. The number of aliphatic hydroxyl groups is 1. The number of nitrogens with zero attached hydrogens (tertiary/aromatic N) is 4. The zero-order valence-corrected chi connectivity index (χ0v) is 8.71. The minimum absolute atomic E-state index is 0.00491. The number of nitrogens with one attached hydrogen (secondary N) is 1. The van der Waals surface area contributed by atoms with E-state index in [1.54, 1.807) is 17.8 Å². The van der Waals surface area contributed by atoms with Gasteiger partial charge in [0.2, 0.25) is 6.41 Å². The summed E-state index contributed by atoms with van der Waals surface area (Å²) in [6.07, 6.45) is 2.11. The number of anilines is 1. The monoisotopic (exact) mass is 221 g/mol. The highest BCUT2D eigenvalue weighted by Gasteiger charge is 2.10. The van der Waals surface area contributed by atoms with Gasteiger partial charge in [0.05, 0.1) is 12.9 Å². The molecule has 0 radical (unpaired) electrons. The number of imidazole rings is 1. The van der Waals surface area contributed by atoms with Crippen LogP contribution in [0.5, 0.6) is 0 Å². The molecule has 0 saturated heterocycles. The van der Waals surface area contributed by atoms with E-state index in [1.165, 1.54) is 0 Å². The van der Waals surface area contributed by atoms with Gasteiger partial charge < -0.3 is 15.0 Å². The van der Waals surface area contributed by atoms with Crippen molar-refractivity contribution >= 4 is 23.4 Å². The molecule has 2 heterocycles. The van der Waals surface area contributed by atoms with Crippen LogP contribution in [-0.2, 0) is 11.3 Å². The Bertz CT molecular complexity index is 522. The van der Waals surface area contributed by atoms with Gasteiger partial charge in [-0.05, 0) is 6.92 Å². The second kappa shape index (κ2) is 4.23. The molecule has 0 fully saturated rings. The van der Waals surface area contributed by atoms with Gasteiger partial charge in [-0.25, -0.2) is 15.0 Å². The molecule has 84 valence electrons. The van der Waals surface area contributed by atoms with E-state index in [1.807, 2.05) is 0 Å². The highest BCUT2D eigenvalue weighted by molar-refractivity contribution is 5.88. The number of hydrogen-bond donors (Lipinski definition) is 2. The number of aliphatic hydroxyl groups excluding tert-OH is 1. The van der Waals surface area contributed by atoms with Crippen LogP contribution in [-0.4, -0.2) is 37.6 Å². The van der Waals surface area contributed by atoms with Crippen LogP contribution in [0.3, 0.4) is 0 Å². The lowest BCUT2D eigenvalue weighted by molar-refractivity contribution is -0.105. The van der Waals surface area contributed by atoms with Crippen molar-refractivity contribution in [3.63, 3.8) is 0 Å². The SMILES string of the molecule is Cc1nc(NC=O)c2ncn(CCO)c2n1. The normalized spacial score (nSPS) is 10.6. The third-order valence-corrected chi connectivity index (χ3v) is 2.11. The van der Waals surface area contributed by atoms with E-state index in [0.29, 0.717) is 35.8 Å². The number of amides is 1. The summed E-state index contributed by atoms with van der Waals surface area (Å²) in [6.45, 7) is 2.14. The standard InChI is InChI=1S/C9H11N5O2/c1-6-12-8(11-5-16)7-9(13-6)14(2-3-15)4-10-7/h4-5,15H,2-3H2,1H3,(H,11,12,13,16). The minimum Gasteiger partial charge on any atom is -0.395 e. The van der Waals surface area contributed by atoms with Crippen LogP contribution in [0.25, 0.3) is 11.2 Å². The van der Waals surface area contributed by atoms with Crippen molar-refractivity contribution in [1.82, 2.24) is 19.5 Å². The van der Waals surface area contributed by atoms with E-state index in [2.05, 4.69) is 20.3 Å². The molecule has 16 heavy (non-hydrogen) atoms.